The fourth-order valence-electron chi connectivity index (χ4n) is 3.07. The molecular formula is C23H22N4OS2. The van der Waals surface area contributed by atoms with Gasteiger partial charge in [-0.25, -0.2) is 9.78 Å². The van der Waals surface area contributed by atoms with Crippen LogP contribution in [0.5, 0.6) is 0 Å². The first-order valence-electron chi connectivity index (χ1n) is 9.59. The van der Waals surface area contributed by atoms with Gasteiger partial charge in [0.15, 0.2) is 0 Å². The molecule has 2 heterocycles. The number of carbonyl (C=O) groups excluding carboxylic acids is 1. The number of thiophene rings is 1. The maximum atomic E-state index is 12.6. The fourth-order valence-corrected chi connectivity index (χ4v) is 4.75. The smallest absolute Gasteiger partial charge is 0.315 e. The highest BCUT2D eigenvalue weighted by molar-refractivity contribution is 7.20. The highest BCUT2D eigenvalue weighted by Crippen LogP contribution is 2.30. The number of nitrogens with two attached hydrogens (primary N) is 1. The first-order chi connectivity index (χ1) is 14.7. The molecule has 0 aliphatic rings. The van der Waals surface area contributed by atoms with Gasteiger partial charge in [-0.2, -0.15) is 0 Å². The van der Waals surface area contributed by atoms with Crippen molar-refractivity contribution in [2.45, 2.75) is 19.0 Å². The van der Waals surface area contributed by atoms with Crippen molar-refractivity contribution in [3.63, 3.8) is 0 Å². The van der Waals surface area contributed by atoms with Gasteiger partial charge in [0, 0.05) is 17.6 Å². The Balaban J connectivity index is 1.49. The Morgan fingerprint density at radius 3 is 2.50 bits per heavy atom. The highest BCUT2D eigenvalue weighted by Gasteiger charge is 2.19. The van der Waals surface area contributed by atoms with E-state index in [0.29, 0.717) is 13.0 Å². The molecule has 5 nitrogen and oxygen atoms in total. The van der Waals surface area contributed by atoms with E-state index in [1.807, 2.05) is 71.4 Å². The summed E-state index contributed by atoms with van der Waals surface area (Å²) in [4.78, 5) is 18.5. The maximum Gasteiger partial charge on any atom is 0.315 e. The van der Waals surface area contributed by atoms with Crippen molar-refractivity contribution in [2.75, 3.05) is 5.73 Å². The van der Waals surface area contributed by atoms with E-state index in [1.165, 1.54) is 0 Å². The summed E-state index contributed by atoms with van der Waals surface area (Å²) >= 11 is 3.25. The van der Waals surface area contributed by atoms with Crippen molar-refractivity contribution in [3.05, 3.63) is 94.3 Å². The van der Waals surface area contributed by atoms with Gasteiger partial charge in [0.1, 0.15) is 5.01 Å². The minimum Gasteiger partial charge on any atom is -0.399 e. The standard InChI is InChI=1S/C23H22N4OS2/c24-18-10-8-16(9-11-18)13-19(20-15-30-22(26-20)21-7-4-12-29-21)27-23(28)25-14-17-5-2-1-3-6-17/h1-12,15,19H,13-14,24H2,(H2,25,27,28)/t19-/m0/s1. The number of nitrogens with one attached hydrogen (secondary N) is 2. The maximum absolute atomic E-state index is 12.6. The van der Waals surface area contributed by atoms with Crippen LogP contribution in [0.25, 0.3) is 9.88 Å². The molecule has 0 aliphatic heterocycles. The van der Waals surface area contributed by atoms with Gasteiger partial charge in [0.25, 0.3) is 0 Å². The molecule has 0 radical (unpaired) electrons. The zero-order valence-electron chi connectivity index (χ0n) is 16.2. The molecule has 2 aromatic carbocycles. The van der Waals surface area contributed by atoms with Crippen LogP contribution in [0.2, 0.25) is 0 Å². The van der Waals surface area contributed by atoms with E-state index in [-0.39, 0.29) is 12.1 Å². The average Bonchev–Trinajstić information content (AvgIpc) is 3.46. The Kier molecular flexibility index (Phi) is 6.41. The van der Waals surface area contributed by atoms with Crippen LogP contribution in [0.4, 0.5) is 10.5 Å². The molecule has 30 heavy (non-hydrogen) atoms. The Morgan fingerprint density at radius 1 is 0.967 bits per heavy atom. The second kappa shape index (κ2) is 9.56. The Labute approximate surface area is 183 Å². The van der Waals surface area contributed by atoms with Crippen molar-refractivity contribution in [1.82, 2.24) is 15.6 Å². The van der Waals surface area contributed by atoms with E-state index in [4.69, 9.17) is 10.7 Å². The number of hydrogen-bond donors (Lipinski definition) is 3. The van der Waals surface area contributed by atoms with Crippen molar-refractivity contribution in [1.29, 1.82) is 0 Å². The lowest BCUT2D eigenvalue weighted by atomic mass is 10.0. The second-order valence-electron chi connectivity index (χ2n) is 6.87. The number of urea groups is 1. The van der Waals surface area contributed by atoms with Crippen LogP contribution in [0.3, 0.4) is 0 Å². The minimum absolute atomic E-state index is 0.218. The van der Waals surface area contributed by atoms with Gasteiger partial charge >= 0.3 is 6.03 Å². The number of rotatable bonds is 7. The summed E-state index contributed by atoms with van der Waals surface area (Å²) in [5.41, 5.74) is 9.53. The van der Waals surface area contributed by atoms with Crippen LogP contribution < -0.4 is 16.4 Å². The van der Waals surface area contributed by atoms with Crippen LogP contribution in [-0.2, 0) is 13.0 Å². The molecule has 0 saturated carbocycles. The van der Waals surface area contributed by atoms with Crippen LogP contribution in [0.15, 0.2) is 77.5 Å². The molecule has 4 N–H and O–H groups in total. The lowest BCUT2D eigenvalue weighted by Gasteiger charge is -2.18. The predicted molar refractivity (Wildman–Crippen MR) is 125 cm³/mol. The van der Waals surface area contributed by atoms with E-state index < -0.39 is 0 Å². The average molecular weight is 435 g/mol. The number of aromatic nitrogens is 1. The minimum atomic E-state index is -0.241. The first-order valence-corrected chi connectivity index (χ1v) is 11.4. The van der Waals surface area contributed by atoms with Gasteiger partial charge < -0.3 is 16.4 Å². The molecule has 0 bridgehead atoms. The summed E-state index contributed by atoms with van der Waals surface area (Å²) in [6, 6.07) is 21.2. The summed E-state index contributed by atoms with van der Waals surface area (Å²) in [5, 5.41) is 11.1. The van der Waals surface area contributed by atoms with E-state index in [9.17, 15) is 4.79 Å². The second-order valence-corrected chi connectivity index (χ2v) is 8.67. The molecule has 2 amide bonds. The van der Waals surface area contributed by atoms with Gasteiger partial charge in [-0.05, 0) is 41.1 Å². The molecule has 152 valence electrons. The molecule has 0 unspecified atom stereocenters. The molecule has 4 rings (SSSR count). The summed E-state index contributed by atoms with van der Waals surface area (Å²) in [6.07, 6.45) is 0.632. The zero-order chi connectivity index (χ0) is 20.8. The summed E-state index contributed by atoms with van der Waals surface area (Å²) in [7, 11) is 0. The SMILES string of the molecule is Nc1ccc(C[C@H](NC(=O)NCc2ccccc2)c2csc(-c3cccs3)n2)cc1. The molecule has 0 saturated heterocycles. The van der Waals surface area contributed by atoms with Crippen molar-refractivity contribution >= 4 is 34.4 Å². The number of benzene rings is 2. The van der Waals surface area contributed by atoms with Crippen LogP contribution in [-0.4, -0.2) is 11.0 Å². The van der Waals surface area contributed by atoms with Gasteiger partial charge in [-0.3, -0.25) is 0 Å². The third-order valence-corrected chi connectivity index (χ3v) is 6.53. The summed E-state index contributed by atoms with van der Waals surface area (Å²) in [6.45, 7) is 0.471. The molecule has 4 aromatic rings. The number of carbonyl (C=O) groups is 1. The fraction of sp³-hybridized carbons (Fsp3) is 0.130. The van der Waals surface area contributed by atoms with Crippen molar-refractivity contribution < 1.29 is 4.79 Å². The number of thiazole rings is 1. The third-order valence-electron chi connectivity index (χ3n) is 4.63. The molecular weight excluding hydrogens is 412 g/mol. The van der Waals surface area contributed by atoms with Crippen LogP contribution in [0.1, 0.15) is 22.9 Å². The number of nitrogens with zero attached hydrogens (tertiary/aromatic N) is 1. The topological polar surface area (TPSA) is 80.0 Å². The Morgan fingerprint density at radius 2 is 1.77 bits per heavy atom. The largest absolute Gasteiger partial charge is 0.399 e. The Hall–Kier alpha value is -3.16. The molecule has 0 spiro atoms. The summed E-state index contributed by atoms with van der Waals surface area (Å²) < 4.78 is 0. The van der Waals surface area contributed by atoms with Gasteiger partial charge in [-0.1, -0.05) is 48.5 Å². The van der Waals surface area contributed by atoms with Gasteiger partial charge in [0.2, 0.25) is 0 Å². The van der Waals surface area contributed by atoms with Crippen molar-refractivity contribution in [3.8, 4) is 9.88 Å². The van der Waals surface area contributed by atoms with Crippen LogP contribution in [0, 0.1) is 0 Å². The number of nitrogen functional groups attached to an aromatic ring is 1. The summed E-state index contributed by atoms with van der Waals surface area (Å²) in [5.74, 6) is 0. The number of amides is 2. The quantitative estimate of drug-likeness (QED) is 0.348. The number of hydrogen-bond acceptors (Lipinski definition) is 5. The molecule has 2 aromatic heterocycles. The highest BCUT2D eigenvalue weighted by atomic mass is 32.1. The van der Waals surface area contributed by atoms with Crippen LogP contribution >= 0.6 is 22.7 Å². The van der Waals surface area contributed by atoms with E-state index >= 15 is 0 Å². The molecule has 0 fully saturated rings. The third kappa shape index (κ3) is 5.25. The monoisotopic (exact) mass is 434 g/mol. The number of anilines is 1. The van der Waals surface area contributed by atoms with E-state index in [0.717, 1.165) is 32.4 Å². The van der Waals surface area contributed by atoms with Gasteiger partial charge in [0.05, 0.1) is 16.6 Å². The molecule has 1 atom stereocenters. The van der Waals surface area contributed by atoms with E-state index in [1.54, 1.807) is 22.7 Å². The first kappa shape index (κ1) is 20.1. The molecule has 7 heteroatoms. The zero-order valence-corrected chi connectivity index (χ0v) is 17.9. The lowest BCUT2D eigenvalue weighted by Crippen LogP contribution is -2.38. The lowest BCUT2D eigenvalue weighted by molar-refractivity contribution is 0.236. The van der Waals surface area contributed by atoms with Gasteiger partial charge in [-0.15, -0.1) is 22.7 Å². The predicted octanol–water partition coefficient (Wildman–Crippen LogP) is 5.24. The van der Waals surface area contributed by atoms with E-state index in [2.05, 4.69) is 16.7 Å². The molecule has 0 aliphatic carbocycles. The normalized spacial score (nSPS) is 11.7. The van der Waals surface area contributed by atoms with Crippen molar-refractivity contribution in [2.24, 2.45) is 0 Å². The Bertz CT molecular complexity index is 1080.